The molecule has 116 valence electrons. The molecule has 1 fully saturated rings. The van der Waals surface area contributed by atoms with Crippen LogP contribution in [0.4, 0.5) is 0 Å². The van der Waals surface area contributed by atoms with Gasteiger partial charge >= 0.3 is 5.97 Å². The first-order valence-electron chi connectivity index (χ1n) is 7.31. The van der Waals surface area contributed by atoms with Gasteiger partial charge in [-0.2, -0.15) is 0 Å². The summed E-state index contributed by atoms with van der Waals surface area (Å²) in [7, 11) is 0. The molecule has 0 unspecified atom stereocenters. The number of ether oxygens (including phenoxy) is 1. The van der Waals surface area contributed by atoms with Crippen molar-refractivity contribution in [1.29, 1.82) is 0 Å². The molecule has 1 aliphatic heterocycles. The number of hydrogen-bond acceptors (Lipinski definition) is 4. The summed E-state index contributed by atoms with van der Waals surface area (Å²) in [6, 6.07) is 3.32. The molecule has 2 heterocycles. The molecule has 0 aliphatic carbocycles. The third kappa shape index (κ3) is 5.47. The fourth-order valence-electron chi connectivity index (χ4n) is 2.45. The highest BCUT2D eigenvalue weighted by molar-refractivity contribution is 7.13. The van der Waals surface area contributed by atoms with Crippen molar-refractivity contribution in [3.05, 3.63) is 21.9 Å². The molecule has 1 amide bonds. The second kappa shape index (κ2) is 8.14. The van der Waals surface area contributed by atoms with Gasteiger partial charge in [0, 0.05) is 24.5 Å². The van der Waals surface area contributed by atoms with E-state index in [0.29, 0.717) is 23.8 Å². The zero-order valence-electron chi connectivity index (χ0n) is 12.0. The van der Waals surface area contributed by atoms with E-state index < -0.39 is 5.97 Å². The molecule has 1 aromatic heterocycles. The summed E-state index contributed by atoms with van der Waals surface area (Å²) >= 11 is 1.20. The number of amides is 1. The van der Waals surface area contributed by atoms with Crippen LogP contribution in [0.3, 0.4) is 0 Å². The minimum Gasteiger partial charge on any atom is -0.477 e. The lowest BCUT2D eigenvalue weighted by molar-refractivity contribution is -0.121. The van der Waals surface area contributed by atoms with Crippen LogP contribution in [0.2, 0.25) is 0 Å². The summed E-state index contributed by atoms with van der Waals surface area (Å²) in [6.45, 7) is 2.11. The van der Waals surface area contributed by atoms with Crippen molar-refractivity contribution in [2.24, 2.45) is 5.92 Å². The smallest absolute Gasteiger partial charge is 0.345 e. The van der Waals surface area contributed by atoms with E-state index >= 15 is 0 Å². The Morgan fingerprint density at radius 1 is 1.33 bits per heavy atom. The Labute approximate surface area is 128 Å². The van der Waals surface area contributed by atoms with E-state index in [-0.39, 0.29) is 5.91 Å². The number of rotatable bonds is 7. The highest BCUT2D eigenvalue weighted by Gasteiger charge is 2.14. The molecule has 1 aliphatic rings. The van der Waals surface area contributed by atoms with Crippen molar-refractivity contribution in [2.45, 2.75) is 38.6 Å². The molecule has 21 heavy (non-hydrogen) atoms. The highest BCUT2D eigenvalue weighted by Crippen LogP contribution is 2.21. The maximum absolute atomic E-state index is 11.8. The van der Waals surface area contributed by atoms with Gasteiger partial charge in [0.2, 0.25) is 5.91 Å². The average molecular weight is 311 g/mol. The van der Waals surface area contributed by atoms with Crippen LogP contribution in [0.25, 0.3) is 0 Å². The number of carbonyl (C=O) groups is 2. The van der Waals surface area contributed by atoms with E-state index in [9.17, 15) is 9.59 Å². The summed E-state index contributed by atoms with van der Waals surface area (Å²) in [5, 5.41) is 11.7. The molecule has 0 bridgehead atoms. The Morgan fingerprint density at radius 2 is 2.10 bits per heavy atom. The standard InChI is InChI=1S/C15H21NO4S/c17-14(3-1-2-11-6-8-20-9-7-11)16-10-12-4-5-13(21-12)15(18)19/h4-5,11H,1-3,6-10H2,(H,16,17)(H,18,19). The fraction of sp³-hybridized carbons (Fsp3) is 0.600. The third-order valence-corrected chi connectivity index (χ3v) is 4.76. The molecule has 0 aromatic carbocycles. The number of carboxylic acid groups (broad SMARTS) is 1. The molecule has 2 rings (SSSR count). The van der Waals surface area contributed by atoms with Crippen molar-refractivity contribution in [3.63, 3.8) is 0 Å². The van der Waals surface area contributed by atoms with Crippen LogP contribution >= 0.6 is 11.3 Å². The van der Waals surface area contributed by atoms with E-state index in [4.69, 9.17) is 9.84 Å². The maximum atomic E-state index is 11.8. The van der Waals surface area contributed by atoms with Crippen molar-refractivity contribution in [2.75, 3.05) is 13.2 Å². The van der Waals surface area contributed by atoms with Gasteiger partial charge in [0.15, 0.2) is 0 Å². The Morgan fingerprint density at radius 3 is 2.76 bits per heavy atom. The normalized spacial score (nSPS) is 15.8. The summed E-state index contributed by atoms with van der Waals surface area (Å²) in [4.78, 5) is 23.7. The monoisotopic (exact) mass is 311 g/mol. The van der Waals surface area contributed by atoms with Crippen LogP contribution in [-0.4, -0.2) is 30.2 Å². The number of aromatic carboxylic acids is 1. The Balaban J connectivity index is 1.61. The molecule has 6 heteroatoms. The lowest BCUT2D eigenvalue weighted by Crippen LogP contribution is -2.22. The Bertz CT molecular complexity index is 480. The van der Waals surface area contributed by atoms with Crippen LogP contribution in [0.15, 0.2) is 12.1 Å². The Kier molecular flexibility index (Phi) is 6.20. The first-order chi connectivity index (χ1) is 10.1. The average Bonchev–Trinajstić information content (AvgIpc) is 2.95. The van der Waals surface area contributed by atoms with Gasteiger partial charge in [0.1, 0.15) is 4.88 Å². The van der Waals surface area contributed by atoms with Crippen LogP contribution in [-0.2, 0) is 16.1 Å². The molecular weight excluding hydrogens is 290 g/mol. The number of hydrogen-bond donors (Lipinski definition) is 2. The molecular formula is C15H21NO4S. The van der Waals surface area contributed by atoms with E-state index in [1.54, 1.807) is 12.1 Å². The molecule has 0 saturated carbocycles. The van der Waals surface area contributed by atoms with Crippen LogP contribution in [0.5, 0.6) is 0 Å². The van der Waals surface area contributed by atoms with Crippen molar-refractivity contribution < 1.29 is 19.4 Å². The molecule has 1 aromatic rings. The van der Waals surface area contributed by atoms with E-state index in [1.165, 1.54) is 11.3 Å². The van der Waals surface area contributed by atoms with Crippen LogP contribution in [0.1, 0.15) is 46.7 Å². The van der Waals surface area contributed by atoms with Gasteiger partial charge < -0.3 is 15.2 Å². The second-order valence-corrected chi connectivity index (χ2v) is 6.46. The summed E-state index contributed by atoms with van der Waals surface area (Å²) in [5.41, 5.74) is 0. The quantitative estimate of drug-likeness (QED) is 0.811. The van der Waals surface area contributed by atoms with Crippen molar-refractivity contribution in [1.82, 2.24) is 5.32 Å². The number of carbonyl (C=O) groups excluding carboxylic acids is 1. The first kappa shape index (κ1) is 16.0. The maximum Gasteiger partial charge on any atom is 0.345 e. The van der Waals surface area contributed by atoms with Gasteiger partial charge in [-0.05, 0) is 43.7 Å². The largest absolute Gasteiger partial charge is 0.477 e. The first-order valence-corrected chi connectivity index (χ1v) is 8.13. The zero-order valence-corrected chi connectivity index (χ0v) is 12.8. The minimum atomic E-state index is -0.922. The predicted molar refractivity (Wildman–Crippen MR) is 80.5 cm³/mol. The zero-order chi connectivity index (χ0) is 15.1. The van der Waals surface area contributed by atoms with Gasteiger partial charge in [-0.1, -0.05) is 0 Å². The molecule has 0 atom stereocenters. The molecule has 0 radical (unpaired) electrons. The van der Waals surface area contributed by atoms with Gasteiger partial charge in [0.05, 0.1) is 6.54 Å². The SMILES string of the molecule is O=C(CCCC1CCOCC1)NCc1ccc(C(=O)O)s1. The molecule has 0 spiro atoms. The number of carboxylic acids is 1. The third-order valence-electron chi connectivity index (χ3n) is 3.69. The summed E-state index contributed by atoms with van der Waals surface area (Å²) in [5.74, 6) is -0.191. The van der Waals surface area contributed by atoms with Crippen LogP contribution < -0.4 is 5.32 Å². The van der Waals surface area contributed by atoms with Gasteiger partial charge in [-0.3, -0.25) is 4.79 Å². The fourth-order valence-corrected chi connectivity index (χ4v) is 3.23. The number of nitrogens with one attached hydrogen (secondary N) is 1. The number of thiophene rings is 1. The van der Waals surface area contributed by atoms with Gasteiger partial charge in [0.25, 0.3) is 0 Å². The summed E-state index contributed by atoms with van der Waals surface area (Å²) < 4.78 is 5.31. The second-order valence-electron chi connectivity index (χ2n) is 5.30. The molecule has 5 nitrogen and oxygen atoms in total. The topological polar surface area (TPSA) is 75.6 Å². The Hall–Kier alpha value is -1.40. The van der Waals surface area contributed by atoms with Gasteiger partial charge in [-0.15, -0.1) is 11.3 Å². The lowest BCUT2D eigenvalue weighted by Gasteiger charge is -2.21. The molecule has 2 N–H and O–H groups in total. The lowest BCUT2D eigenvalue weighted by atomic mass is 9.94. The summed E-state index contributed by atoms with van der Waals surface area (Å²) in [6.07, 6.45) is 4.73. The minimum absolute atomic E-state index is 0.0346. The molecule has 1 saturated heterocycles. The van der Waals surface area contributed by atoms with Crippen molar-refractivity contribution >= 4 is 23.2 Å². The predicted octanol–water partition coefficient (Wildman–Crippen LogP) is 2.66. The van der Waals surface area contributed by atoms with E-state index in [0.717, 1.165) is 43.8 Å². The van der Waals surface area contributed by atoms with E-state index in [2.05, 4.69) is 5.32 Å². The van der Waals surface area contributed by atoms with Crippen molar-refractivity contribution in [3.8, 4) is 0 Å². The van der Waals surface area contributed by atoms with Gasteiger partial charge in [-0.25, -0.2) is 4.79 Å². The van der Waals surface area contributed by atoms with Crippen LogP contribution in [0, 0.1) is 5.92 Å². The highest BCUT2D eigenvalue weighted by atomic mass is 32.1. The van der Waals surface area contributed by atoms with E-state index in [1.807, 2.05) is 0 Å².